The molecule has 5 saturated carbocycles. The zero-order valence-corrected chi connectivity index (χ0v) is 29.3. The van der Waals surface area contributed by atoms with Crippen LogP contribution < -0.4 is 4.90 Å². The van der Waals surface area contributed by atoms with Crippen LogP contribution in [0.1, 0.15) is 56.3 Å². The number of rotatable bonds is 9. The number of para-hydroxylation sites is 1. The van der Waals surface area contributed by atoms with Crippen molar-refractivity contribution in [1.29, 1.82) is 0 Å². The third-order valence-corrected chi connectivity index (χ3v) is 14.5. The second-order valence-corrected chi connectivity index (χ2v) is 16.0. The molecule has 14 atom stereocenters. The Kier molecular flexibility index (Phi) is 7.75. The van der Waals surface area contributed by atoms with Gasteiger partial charge in [-0.25, -0.2) is 9.69 Å². The Morgan fingerprint density at radius 2 is 1.80 bits per heavy atom. The first kappa shape index (κ1) is 33.7. The predicted molar refractivity (Wildman–Crippen MR) is 174 cm³/mol. The van der Waals surface area contributed by atoms with E-state index in [1.807, 2.05) is 0 Å². The van der Waals surface area contributed by atoms with Gasteiger partial charge in [0.15, 0.2) is 0 Å². The molecule has 1 aromatic carbocycles. The van der Waals surface area contributed by atoms with Crippen LogP contribution in [0.2, 0.25) is 0 Å². The first-order valence-corrected chi connectivity index (χ1v) is 17.9. The van der Waals surface area contributed by atoms with Crippen molar-refractivity contribution in [3.63, 3.8) is 0 Å². The van der Waals surface area contributed by atoms with Gasteiger partial charge in [-0.05, 0) is 43.9 Å². The second kappa shape index (κ2) is 11.3. The number of anilines is 1. The molecule has 2 N–H and O–H groups in total. The molecule has 1 aromatic rings. The van der Waals surface area contributed by atoms with Gasteiger partial charge in [-0.3, -0.25) is 14.5 Å². The molecule has 8 rings (SSSR count). The summed E-state index contributed by atoms with van der Waals surface area (Å²) in [6.07, 6.45) is 0.813. The zero-order valence-electron chi connectivity index (χ0n) is 29.3. The Morgan fingerprint density at radius 3 is 2.43 bits per heavy atom. The molecule has 12 nitrogen and oxygen atoms in total. The number of ether oxygens (including phenoxy) is 5. The molecule has 12 heteroatoms. The minimum Gasteiger partial charge on any atom is -0.461 e. The number of esters is 1. The highest BCUT2D eigenvalue weighted by molar-refractivity contribution is 6.22. The lowest BCUT2D eigenvalue weighted by Crippen LogP contribution is -2.82. The van der Waals surface area contributed by atoms with E-state index in [0.29, 0.717) is 25.9 Å². The lowest BCUT2D eigenvalue weighted by Gasteiger charge is -2.70. The maximum atomic E-state index is 14.1. The SMILES string of the molecule is CCN1C[C@]2(COC(=O)c3ccccc3N3C(=O)CC(C)C3=O)CCC(OC)C34[C@@H]5CC6C(OC)C[C@@](O)([C@H]5C6OC)C(O)([C@H]13)[C@@H](OC)[C@@H]42. The van der Waals surface area contributed by atoms with Crippen LogP contribution in [0.3, 0.4) is 0 Å². The van der Waals surface area contributed by atoms with Crippen molar-refractivity contribution in [3.05, 3.63) is 29.8 Å². The molecule has 2 heterocycles. The zero-order chi connectivity index (χ0) is 34.8. The molecule has 2 saturated heterocycles. The summed E-state index contributed by atoms with van der Waals surface area (Å²) >= 11 is 0. The summed E-state index contributed by atoms with van der Waals surface area (Å²) < 4.78 is 31.4. The van der Waals surface area contributed by atoms with Crippen LogP contribution in [0.4, 0.5) is 5.69 Å². The summed E-state index contributed by atoms with van der Waals surface area (Å²) in [5.74, 6) is -2.47. The van der Waals surface area contributed by atoms with Gasteiger partial charge < -0.3 is 33.9 Å². The fraction of sp³-hybridized carbons (Fsp3) is 0.757. The van der Waals surface area contributed by atoms with Crippen LogP contribution in [0.5, 0.6) is 0 Å². The van der Waals surface area contributed by atoms with Crippen molar-refractivity contribution in [2.75, 3.05) is 53.0 Å². The first-order chi connectivity index (χ1) is 23.4. The van der Waals surface area contributed by atoms with Crippen LogP contribution in [0.15, 0.2) is 24.3 Å². The number of hydrogen-bond acceptors (Lipinski definition) is 11. The number of imide groups is 1. The van der Waals surface area contributed by atoms with Gasteiger partial charge in [-0.2, -0.15) is 0 Å². The molecule has 7 aliphatic rings. The summed E-state index contributed by atoms with van der Waals surface area (Å²) in [6.45, 7) is 4.95. The smallest absolute Gasteiger partial charge is 0.340 e. The summed E-state index contributed by atoms with van der Waals surface area (Å²) in [5.41, 5.74) is -4.17. The number of nitrogens with zero attached hydrogens (tertiary/aromatic N) is 2. The van der Waals surface area contributed by atoms with E-state index in [1.54, 1.807) is 59.6 Å². The van der Waals surface area contributed by atoms with Crippen molar-refractivity contribution < 1.29 is 48.3 Å². The highest BCUT2D eigenvalue weighted by Gasteiger charge is 2.91. The van der Waals surface area contributed by atoms with Crippen molar-refractivity contribution in [3.8, 4) is 0 Å². The second-order valence-electron chi connectivity index (χ2n) is 16.0. The molecule has 2 amide bonds. The first-order valence-electron chi connectivity index (χ1n) is 17.9. The summed E-state index contributed by atoms with van der Waals surface area (Å²) in [7, 11) is 6.70. The predicted octanol–water partition coefficient (Wildman–Crippen LogP) is 2.04. The molecule has 0 aromatic heterocycles. The maximum absolute atomic E-state index is 14.1. The number of methoxy groups -OCH3 is 4. The van der Waals surface area contributed by atoms with Gasteiger partial charge in [0, 0.05) is 82.3 Å². The molecule has 0 radical (unpaired) electrons. The standard InChI is InChI=1S/C37H50N2O10/c1-7-38-17-34(18-49-32(42)20-10-8-9-11-23(20)39-26(40)14-19(2)31(39)41)13-12-25(46-4)36-22-15-21-24(45-3)16-35(43,27(22)28(21)47-5)37(44,33(36)38)30(48-6)29(34)36/h8-11,19,21-22,24-25,27-30,33,43-44H,7,12-18H2,1-6H3/t19?,21?,22-,24?,25?,27-,28?,29-,30+,33-,34+,35-,36?,37?/m1/s1. The molecule has 2 aliphatic heterocycles. The van der Waals surface area contributed by atoms with Crippen LogP contribution in [-0.2, 0) is 33.3 Å². The Bertz CT molecular complexity index is 1560. The maximum Gasteiger partial charge on any atom is 0.340 e. The molecular formula is C37H50N2O10. The van der Waals surface area contributed by atoms with Gasteiger partial charge >= 0.3 is 5.97 Å². The van der Waals surface area contributed by atoms with E-state index in [9.17, 15) is 24.6 Å². The topological polar surface area (TPSA) is 144 Å². The van der Waals surface area contributed by atoms with E-state index in [2.05, 4.69) is 11.8 Å². The number of fused-ring (bicyclic) bond motifs is 2. The average molecular weight is 683 g/mol. The van der Waals surface area contributed by atoms with E-state index in [-0.39, 0.29) is 84.5 Å². The molecule has 7 unspecified atom stereocenters. The molecule has 1 spiro atoms. The number of likely N-dealkylation sites (tertiary alicyclic amines) is 1. The highest BCUT2D eigenvalue weighted by atomic mass is 16.5. The van der Waals surface area contributed by atoms with Gasteiger partial charge in [0.05, 0.1) is 48.3 Å². The molecule has 268 valence electrons. The van der Waals surface area contributed by atoms with E-state index < -0.39 is 46.1 Å². The average Bonchev–Trinajstić information content (AvgIpc) is 3.63. The normalized spacial score (nSPS) is 48.0. The lowest BCUT2D eigenvalue weighted by atomic mass is 9.42. The Balaban J connectivity index is 1.23. The summed E-state index contributed by atoms with van der Waals surface area (Å²) in [6, 6.07) is 6.12. The van der Waals surface area contributed by atoms with Crippen LogP contribution in [0, 0.1) is 40.4 Å². The summed E-state index contributed by atoms with van der Waals surface area (Å²) in [5, 5.41) is 26.6. The number of benzene rings is 1. The fourth-order valence-corrected chi connectivity index (χ4v) is 13.2. The van der Waals surface area contributed by atoms with Gasteiger partial charge in [0.25, 0.3) is 0 Å². The molecule has 49 heavy (non-hydrogen) atoms. The lowest BCUT2D eigenvalue weighted by molar-refractivity contribution is -0.320. The largest absolute Gasteiger partial charge is 0.461 e. The quantitative estimate of drug-likeness (QED) is 0.292. The minimum atomic E-state index is -1.70. The number of likely N-dealkylation sites (N-methyl/N-ethyl adjacent to an activating group) is 1. The third kappa shape index (κ3) is 3.86. The van der Waals surface area contributed by atoms with Gasteiger partial charge in [-0.15, -0.1) is 0 Å². The van der Waals surface area contributed by atoms with E-state index in [1.165, 1.54) is 0 Å². The van der Waals surface area contributed by atoms with Gasteiger partial charge in [0.2, 0.25) is 11.8 Å². The monoisotopic (exact) mass is 682 g/mol. The van der Waals surface area contributed by atoms with Crippen molar-refractivity contribution >= 4 is 23.5 Å². The van der Waals surface area contributed by atoms with Crippen molar-refractivity contribution in [1.82, 2.24) is 4.90 Å². The van der Waals surface area contributed by atoms with Crippen LogP contribution in [-0.4, -0.2) is 123 Å². The van der Waals surface area contributed by atoms with Gasteiger partial charge in [-0.1, -0.05) is 26.0 Å². The van der Waals surface area contributed by atoms with Gasteiger partial charge in [0.1, 0.15) is 11.2 Å². The summed E-state index contributed by atoms with van der Waals surface area (Å²) in [4.78, 5) is 43.3. The number of amides is 2. The number of hydrogen-bond donors (Lipinski definition) is 2. The Morgan fingerprint density at radius 1 is 1.04 bits per heavy atom. The molecule has 5 aliphatic carbocycles. The van der Waals surface area contributed by atoms with Crippen LogP contribution >= 0.6 is 0 Å². The number of carbonyl (C=O) groups excluding carboxylic acids is 3. The van der Waals surface area contributed by atoms with Crippen LogP contribution in [0.25, 0.3) is 0 Å². The van der Waals surface area contributed by atoms with E-state index in [4.69, 9.17) is 23.7 Å². The fourth-order valence-electron chi connectivity index (χ4n) is 13.2. The molecule has 7 bridgehead atoms. The van der Waals surface area contributed by atoms with E-state index in [0.717, 1.165) is 11.3 Å². The number of piperidine rings is 1. The van der Waals surface area contributed by atoms with Crippen molar-refractivity contribution in [2.24, 2.45) is 40.4 Å². The minimum absolute atomic E-state index is 0.0358. The number of carbonyl (C=O) groups is 3. The Hall–Kier alpha value is -2.45. The highest BCUT2D eigenvalue weighted by Crippen LogP contribution is 2.80. The molecule has 7 fully saturated rings. The van der Waals surface area contributed by atoms with E-state index >= 15 is 0 Å². The third-order valence-electron chi connectivity index (χ3n) is 14.5. The Labute approximate surface area is 287 Å². The molecular weight excluding hydrogens is 632 g/mol. The van der Waals surface area contributed by atoms with Crippen molar-refractivity contribution in [2.45, 2.75) is 87.6 Å². The number of aliphatic hydroxyl groups is 2.